The van der Waals surface area contributed by atoms with Crippen molar-refractivity contribution in [3.8, 4) is 0 Å². The fourth-order valence-corrected chi connectivity index (χ4v) is 3.52. The molecule has 1 amide bonds. The Morgan fingerprint density at radius 1 is 1.09 bits per heavy atom. The Morgan fingerprint density at radius 3 is 2.48 bits per heavy atom. The van der Waals surface area contributed by atoms with Crippen molar-refractivity contribution in [3.63, 3.8) is 0 Å². The third kappa shape index (κ3) is 4.34. The molecular formula is C19H25NO3. The number of carbonyl (C=O) groups excluding carboxylic acids is 1. The molecule has 4 nitrogen and oxygen atoms in total. The summed E-state index contributed by atoms with van der Waals surface area (Å²) in [5.74, 6) is -0.0982. The van der Waals surface area contributed by atoms with E-state index in [1.165, 1.54) is 32.1 Å². The van der Waals surface area contributed by atoms with Gasteiger partial charge >= 0.3 is 5.97 Å². The standard InChI is InChI=1S/C19H25NO3/c21-18(12-15-5-4-6-16(11-15)19(22)23)20(13-14-9-10-14)17-7-2-1-3-8-17/h4-6,11,14,17H,1-3,7-10,12-13H2,(H,22,23). The monoisotopic (exact) mass is 315 g/mol. The van der Waals surface area contributed by atoms with E-state index in [0.717, 1.165) is 24.9 Å². The number of carbonyl (C=O) groups is 2. The molecule has 0 spiro atoms. The second-order valence-electron chi connectivity index (χ2n) is 6.96. The van der Waals surface area contributed by atoms with Gasteiger partial charge in [-0.3, -0.25) is 4.79 Å². The molecule has 1 N–H and O–H groups in total. The highest BCUT2D eigenvalue weighted by Gasteiger charge is 2.31. The molecule has 2 saturated carbocycles. The van der Waals surface area contributed by atoms with Gasteiger partial charge in [0.1, 0.15) is 0 Å². The third-order valence-corrected chi connectivity index (χ3v) is 5.02. The van der Waals surface area contributed by atoms with Crippen LogP contribution in [0.1, 0.15) is 60.9 Å². The molecule has 0 heterocycles. The van der Waals surface area contributed by atoms with E-state index in [0.29, 0.717) is 18.4 Å². The first-order chi connectivity index (χ1) is 11.1. The Hall–Kier alpha value is -1.84. The van der Waals surface area contributed by atoms with Crippen molar-refractivity contribution in [1.29, 1.82) is 0 Å². The first-order valence-corrected chi connectivity index (χ1v) is 8.75. The molecule has 0 unspecified atom stereocenters. The van der Waals surface area contributed by atoms with Gasteiger partial charge in [0.25, 0.3) is 0 Å². The second kappa shape index (κ2) is 7.16. The number of nitrogens with zero attached hydrogens (tertiary/aromatic N) is 1. The zero-order valence-corrected chi connectivity index (χ0v) is 13.5. The highest BCUT2D eigenvalue weighted by atomic mass is 16.4. The lowest BCUT2D eigenvalue weighted by Gasteiger charge is -2.34. The molecule has 2 aliphatic rings. The Balaban J connectivity index is 1.69. The van der Waals surface area contributed by atoms with Gasteiger partial charge in [0, 0.05) is 12.6 Å². The van der Waals surface area contributed by atoms with Crippen LogP contribution in [0.15, 0.2) is 24.3 Å². The quantitative estimate of drug-likeness (QED) is 0.874. The van der Waals surface area contributed by atoms with Gasteiger partial charge in [0.2, 0.25) is 5.91 Å². The smallest absolute Gasteiger partial charge is 0.335 e. The van der Waals surface area contributed by atoms with Crippen molar-refractivity contribution < 1.29 is 14.7 Å². The summed E-state index contributed by atoms with van der Waals surface area (Å²) in [6.45, 7) is 0.891. The van der Waals surface area contributed by atoms with Crippen molar-refractivity contribution in [2.75, 3.05) is 6.54 Å². The maximum absolute atomic E-state index is 12.8. The average Bonchev–Trinajstić information content (AvgIpc) is 3.37. The van der Waals surface area contributed by atoms with E-state index in [-0.39, 0.29) is 11.5 Å². The van der Waals surface area contributed by atoms with E-state index >= 15 is 0 Å². The Bertz CT molecular complexity index is 574. The molecule has 1 aromatic rings. The van der Waals surface area contributed by atoms with Crippen molar-refractivity contribution in [2.24, 2.45) is 5.92 Å². The molecule has 23 heavy (non-hydrogen) atoms. The number of rotatable bonds is 6. The maximum atomic E-state index is 12.8. The third-order valence-electron chi connectivity index (χ3n) is 5.02. The Labute approximate surface area is 137 Å². The SMILES string of the molecule is O=C(O)c1cccc(CC(=O)N(CC2CC2)C2CCCCC2)c1. The fourth-order valence-electron chi connectivity index (χ4n) is 3.52. The predicted molar refractivity (Wildman–Crippen MR) is 88.4 cm³/mol. The predicted octanol–water partition coefficient (Wildman–Crippen LogP) is 3.50. The zero-order chi connectivity index (χ0) is 16.2. The number of benzene rings is 1. The van der Waals surface area contributed by atoms with Gasteiger partial charge in [0.05, 0.1) is 12.0 Å². The summed E-state index contributed by atoms with van der Waals surface area (Å²) in [5, 5.41) is 9.09. The fraction of sp³-hybridized carbons (Fsp3) is 0.579. The topological polar surface area (TPSA) is 57.6 Å². The summed E-state index contributed by atoms with van der Waals surface area (Å²) in [5.41, 5.74) is 1.05. The van der Waals surface area contributed by atoms with Crippen LogP contribution in [0.2, 0.25) is 0 Å². The van der Waals surface area contributed by atoms with Crippen molar-refractivity contribution in [1.82, 2.24) is 4.90 Å². The van der Waals surface area contributed by atoms with E-state index < -0.39 is 5.97 Å². The lowest BCUT2D eigenvalue weighted by Crippen LogP contribution is -2.43. The molecule has 3 rings (SSSR count). The molecule has 2 fully saturated rings. The molecule has 0 radical (unpaired) electrons. The highest BCUT2D eigenvalue weighted by Crippen LogP contribution is 2.33. The first-order valence-electron chi connectivity index (χ1n) is 8.75. The van der Waals surface area contributed by atoms with Crippen LogP contribution in [0, 0.1) is 5.92 Å². The number of aromatic carboxylic acids is 1. The van der Waals surface area contributed by atoms with Crippen molar-refractivity contribution in [3.05, 3.63) is 35.4 Å². The first kappa shape index (κ1) is 16.0. The van der Waals surface area contributed by atoms with Crippen molar-refractivity contribution >= 4 is 11.9 Å². The molecule has 4 heteroatoms. The minimum absolute atomic E-state index is 0.159. The minimum atomic E-state index is -0.943. The van der Waals surface area contributed by atoms with Crippen LogP contribution in [-0.4, -0.2) is 34.5 Å². The van der Waals surface area contributed by atoms with E-state index in [2.05, 4.69) is 4.90 Å². The van der Waals surface area contributed by atoms with Crippen LogP contribution in [0.4, 0.5) is 0 Å². The second-order valence-corrected chi connectivity index (χ2v) is 6.96. The zero-order valence-electron chi connectivity index (χ0n) is 13.5. The summed E-state index contributed by atoms with van der Waals surface area (Å²) in [4.78, 5) is 26.0. The normalized spacial score (nSPS) is 18.6. The van der Waals surface area contributed by atoms with Gasteiger partial charge < -0.3 is 10.0 Å². The Kier molecular flexibility index (Phi) is 4.99. The summed E-state index contributed by atoms with van der Waals surface area (Å²) >= 11 is 0. The van der Waals surface area contributed by atoms with Crippen LogP contribution < -0.4 is 0 Å². The summed E-state index contributed by atoms with van der Waals surface area (Å²) in [7, 11) is 0. The lowest BCUT2D eigenvalue weighted by atomic mass is 9.93. The van der Waals surface area contributed by atoms with E-state index in [1.54, 1.807) is 18.2 Å². The van der Waals surface area contributed by atoms with E-state index in [1.807, 2.05) is 6.07 Å². The molecule has 124 valence electrons. The van der Waals surface area contributed by atoms with Gasteiger partial charge in [-0.15, -0.1) is 0 Å². The molecule has 0 atom stereocenters. The number of hydrogen-bond donors (Lipinski definition) is 1. The van der Waals surface area contributed by atoms with E-state index in [4.69, 9.17) is 5.11 Å². The molecule has 1 aromatic carbocycles. The molecule has 0 aromatic heterocycles. The van der Waals surface area contributed by atoms with Crippen LogP contribution in [0.25, 0.3) is 0 Å². The molecule has 2 aliphatic carbocycles. The largest absolute Gasteiger partial charge is 0.478 e. The lowest BCUT2D eigenvalue weighted by molar-refractivity contribution is -0.133. The van der Waals surface area contributed by atoms with E-state index in [9.17, 15) is 9.59 Å². The molecular weight excluding hydrogens is 290 g/mol. The number of carboxylic acid groups (broad SMARTS) is 1. The van der Waals surface area contributed by atoms with Crippen molar-refractivity contribution in [2.45, 2.75) is 57.4 Å². The molecule has 0 saturated heterocycles. The minimum Gasteiger partial charge on any atom is -0.478 e. The summed E-state index contributed by atoms with van der Waals surface area (Å²) < 4.78 is 0. The van der Waals surface area contributed by atoms with Gasteiger partial charge in [-0.2, -0.15) is 0 Å². The number of amides is 1. The Morgan fingerprint density at radius 2 is 1.83 bits per heavy atom. The maximum Gasteiger partial charge on any atom is 0.335 e. The highest BCUT2D eigenvalue weighted by molar-refractivity contribution is 5.88. The molecule has 0 aliphatic heterocycles. The average molecular weight is 315 g/mol. The van der Waals surface area contributed by atoms with Crippen LogP contribution in [0.5, 0.6) is 0 Å². The van der Waals surface area contributed by atoms with Gasteiger partial charge in [-0.1, -0.05) is 31.4 Å². The number of hydrogen-bond acceptors (Lipinski definition) is 2. The summed E-state index contributed by atoms with van der Waals surface area (Å²) in [6.07, 6.45) is 8.74. The summed E-state index contributed by atoms with van der Waals surface area (Å²) in [6, 6.07) is 7.15. The van der Waals surface area contributed by atoms with Crippen LogP contribution >= 0.6 is 0 Å². The van der Waals surface area contributed by atoms with Gasteiger partial charge in [-0.05, 0) is 49.3 Å². The van der Waals surface area contributed by atoms with Crippen LogP contribution in [0.3, 0.4) is 0 Å². The van der Waals surface area contributed by atoms with Gasteiger partial charge in [-0.25, -0.2) is 4.79 Å². The number of carboxylic acids is 1. The van der Waals surface area contributed by atoms with Crippen LogP contribution in [-0.2, 0) is 11.2 Å². The van der Waals surface area contributed by atoms with Gasteiger partial charge in [0.15, 0.2) is 0 Å². The molecule has 0 bridgehead atoms.